The Kier molecular flexibility index (Phi) is 5.13. The van der Waals surface area contributed by atoms with Gasteiger partial charge in [0.2, 0.25) is 5.89 Å². The maximum Gasteiger partial charge on any atom is 0.226 e. The molecule has 0 aliphatic heterocycles. The highest BCUT2D eigenvalue weighted by Crippen LogP contribution is 2.31. The number of nitrogens with one attached hydrogen (secondary N) is 1. The Hall–Kier alpha value is -2.37. The third-order valence-corrected chi connectivity index (χ3v) is 3.91. The lowest BCUT2D eigenvalue weighted by atomic mass is 10.00. The average Bonchev–Trinajstić information content (AvgIpc) is 3.09. The second-order valence-corrected chi connectivity index (χ2v) is 5.79. The topological polar surface area (TPSA) is 71.2 Å². The number of halogens is 1. The highest BCUT2D eigenvalue weighted by atomic mass is 35.5. The van der Waals surface area contributed by atoms with Crippen molar-refractivity contribution in [3.8, 4) is 0 Å². The fraction of sp³-hybridized carbons (Fsp3) is 0.222. The molecule has 3 aromatic rings. The second-order valence-electron chi connectivity index (χ2n) is 5.36. The zero-order valence-electron chi connectivity index (χ0n) is 13.2. The van der Waals surface area contributed by atoms with Gasteiger partial charge in [-0.2, -0.15) is 4.98 Å². The van der Waals surface area contributed by atoms with Crippen molar-refractivity contribution in [2.24, 2.45) is 0 Å². The molecule has 0 unspecified atom stereocenters. The quantitative estimate of drug-likeness (QED) is 0.708. The van der Waals surface area contributed by atoms with Crippen LogP contribution in [0.25, 0.3) is 0 Å². The van der Waals surface area contributed by atoms with Crippen LogP contribution in [0.1, 0.15) is 35.9 Å². The molecule has 0 aliphatic rings. The van der Waals surface area contributed by atoms with Gasteiger partial charge in [-0.3, -0.25) is 0 Å². The maximum absolute atomic E-state index is 10.7. The summed E-state index contributed by atoms with van der Waals surface area (Å²) in [7, 11) is 0. The van der Waals surface area contributed by atoms with E-state index in [1.165, 1.54) is 0 Å². The minimum absolute atomic E-state index is 0.402. The summed E-state index contributed by atoms with van der Waals surface area (Å²) >= 11 is 6.11. The van der Waals surface area contributed by atoms with Crippen LogP contribution in [0, 0.1) is 0 Å². The van der Waals surface area contributed by atoms with Gasteiger partial charge >= 0.3 is 0 Å². The highest BCUT2D eigenvalue weighted by Gasteiger charge is 2.15. The highest BCUT2D eigenvalue weighted by molar-refractivity contribution is 6.30. The maximum atomic E-state index is 10.7. The summed E-state index contributed by atoms with van der Waals surface area (Å²) in [5.41, 5.74) is 2.28. The van der Waals surface area contributed by atoms with Gasteiger partial charge in [0.15, 0.2) is 5.82 Å². The number of benzene rings is 2. The fourth-order valence-electron chi connectivity index (χ4n) is 2.42. The van der Waals surface area contributed by atoms with E-state index >= 15 is 0 Å². The number of hydrogen-bond acceptors (Lipinski definition) is 5. The molecule has 124 valence electrons. The van der Waals surface area contributed by atoms with Gasteiger partial charge in [-0.25, -0.2) is 0 Å². The third kappa shape index (κ3) is 3.75. The number of hydrogen-bond donors (Lipinski definition) is 2. The molecule has 0 spiro atoms. The van der Waals surface area contributed by atoms with E-state index in [-0.39, 0.29) is 0 Å². The van der Waals surface area contributed by atoms with E-state index in [9.17, 15) is 5.11 Å². The molecule has 6 heteroatoms. The third-order valence-electron chi connectivity index (χ3n) is 3.67. The predicted octanol–water partition coefficient (Wildman–Crippen LogP) is 3.98. The molecule has 3 rings (SSSR count). The minimum Gasteiger partial charge on any atom is -0.384 e. The van der Waals surface area contributed by atoms with Crippen LogP contribution in [-0.4, -0.2) is 15.2 Å². The van der Waals surface area contributed by atoms with E-state index in [0.29, 0.717) is 35.3 Å². The number of aliphatic hydroxyl groups is 1. The molecule has 1 aromatic heterocycles. The standard InChI is InChI=1S/C18H18ClN3O2/c1-2-17-21-16(22-24-17)11-20-15-9-8-13(19)10-14(15)18(23)12-6-4-3-5-7-12/h3-10,18,20,23H,2,11H2,1H3/t18-/m0/s1. The van der Waals surface area contributed by atoms with Gasteiger partial charge < -0.3 is 14.9 Å². The molecule has 0 saturated heterocycles. The predicted molar refractivity (Wildman–Crippen MR) is 93.0 cm³/mol. The van der Waals surface area contributed by atoms with Crippen molar-refractivity contribution in [2.45, 2.75) is 26.0 Å². The largest absolute Gasteiger partial charge is 0.384 e. The molecule has 1 heterocycles. The average molecular weight is 344 g/mol. The van der Waals surface area contributed by atoms with Crippen LogP contribution in [0.2, 0.25) is 5.02 Å². The molecule has 24 heavy (non-hydrogen) atoms. The minimum atomic E-state index is -0.774. The lowest BCUT2D eigenvalue weighted by molar-refractivity contribution is 0.221. The molecule has 0 bridgehead atoms. The van der Waals surface area contributed by atoms with Crippen LogP contribution < -0.4 is 5.32 Å². The van der Waals surface area contributed by atoms with Gasteiger partial charge in [0.1, 0.15) is 6.10 Å². The Morgan fingerprint density at radius 3 is 2.71 bits per heavy atom. The Morgan fingerprint density at radius 2 is 2.00 bits per heavy atom. The molecule has 2 aromatic carbocycles. The monoisotopic (exact) mass is 343 g/mol. The summed E-state index contributed by atoms with van der Waals surface area (Å²) in [6, 6.07) is 14.8. The molecule has 1 atom stereocenters. The van der Waals surface area contributed by atoms with Gasteiger partial charge in [-0.1, -0.05) is 54.0 Å². The molecular formula is C18H18ClN3O2. The first kappa shape index (κ1) is 16.5. The van der Waals surface area contributed by atoms with Gasteiger partial charge in [-0.15, -0.1) is 0 Å². The summed E-state index contributed by atoms with van der Waals surface area (Å²) in [4.78, 5) is 4.27. The van der Waals surface area contributed by atoms with Gasteiger partial charge in [0.25, 0.3) is 0 Å². The van der Waals surface area contributed by atoms with Crippen molar-refractivity contribution in [1.82, 2.24) is 10.1 Å². The number of aryl methyl sites for hydroxylation is 1. The van der Waals surface area contributed by atoms with Gasteiger partial charge in [-0.05, 0) is 23.8 Å². The number of rotatable bonds is 6. The van der Waals surface area contributed by atoms with Crippen molar-refractivity contribution in [3.63, 3.8) is 0 Å². The molecular weight excluding hydrogens is 326 g/mol. The molecule has 0 radical (unpaired) electrons. The van der Waals surface area contributed by atoms with Crippen LogP contribution in [0.4, 0.5) is 5.69 Å². The summed E-state index contributed by atoms with van der Waals surface area (Å²) in [6.45, 7) is 2.36. The first-order chi connectivity index (χ1) is 11.7. The Balaban J connectivity index is 1.82. The van der Waals surface area contributed by atoms with Gasteiger partial charge in [0.05, 0.1) is 6.54 Å². The van der Waals surface area contributed by atoms with Crippen molar-refractivity contribution >= 4 is 17.3 Å². The number of nitrogens with zero attached hydrogens (tertiary/aromatic N) is 2. The first-order valence-electron chi connectivity index (χ1n) is 7.75. The molecule has 2 N–H and O–H groups in total. The number of anilines is 1. The lowest BCUT2D eigenvalue weighted by Gasteiger charge is -2.17. The van der Waals surface area contributed by atoms with Gasteiger partial charge in [0, 0.05) is 22.7 Å². The Morgan fingerprint density at radius 1 is 1.21 bits per heavy atom. The summed E-state index contributed by atoms with van der Waals surface area (Å²) in [6.07, 6.45) is -0.0739. The molecule has 0 fully saturated rings. The van der Waals surface area contributed by atoms with Crippen LogP contribution >= 0.6 is 11.6 Å². The second kappa shape index (κ2) is 7.47. The SMILES string of the molecule is CCc1nc(CNc2ccc(Cl)cc2[C@@H](O)c2ccccc2)no1. The van der Waals surface area contributed by atoms with E-state index in [0.717, 1.165) is 11.3 Å². The number of aliphatic hydroxyl groups excluding tert-OH is 1. The first-order valence-corrected chi connectivity index (χ1v) is 8.13. The van der Waals surface area contributed by atoms with Crippen LogP contribution in [0.15, 0.2) is 53.1 Å². The zero-order valence-corrected chi connectivity index (χ0v) is 14.0. The normalized spacial score (nSPS) is 12.1. The van der Waals surface area contributed by atoms with E-state index in [4.69, 9.17) is 16.1 Å². The molecule has 0 saturated carbocycles. The number of aromatic nitrogens is 2. The van der Waals surface area contributed by atoms with Crippen molar-refractivity contribution in [1.29, 1.82) is 0 Å². The van der Waals surface area contributed by atoms with Crippen LogP contribution in [-0.2, 0) is 13.0 Å². The van der Waals surface area contributed by atoms with E-state index in [2.05, 4.69) is 15.5 Å². The molecule has 0 aliphatic carbocycles. The van der Waals surface area contributed by atoms with Crippen molar-refractivity contribution < 1.29 is 9.63 Å². The molecule has 0 amide bonds. The Labute approximate surface area is 145 Å². The smallest absolute Gasteiger partial charge is 0.226 e. The summed E-state index contributed by atoms with van der Waals surface area (Å²) in [5.74, 6) is 1.18. The summed E-state index contributed by atoms with van der Waals surface area (Å²) < 4.78 is 5.10. The van der Waals surface area contributed by atoms with Crippen LogP contribution in [0.5, 0.6) is 0 Å². The van der Waals surface area contributed by atoms with E-state index in [1.807, 2.05) is 43.3 Å². The molecule has 5 nitrogen and oxygen atoms in total. The summed E-state index contributed by atoms with van der Waals surface area (Å²) in [5, 5.41) is 18.4. The lowest BCUT2D eigenvalue weighted by Crippen LogP contribution is -2.08. The Bertz CT molecular complexity index is 805. The van der Waals surface area contributed by atoms with Crippen molar-refractivity contribution in [2.75, 3.05) is 5.32 Å². The van der Waals surface area contributed by atoms with Crippen molar-refractivity contribution in [3.05, 3.63) is 76.4 Å². The van der Waals surface area contributed by atoms with Crippen LogP contribution in [0.3, 0.4) is 0 Å². The zero-order chi connectivity index (χ0) is 16.9. The van der Waals surface area contributed by atoms with E-state index in [1.54, 1.807) is 12.1 Å². The van der Waals surface area contributed by atoms with E-state index < -0.39 is 6.10 Å². The fourth-order valence-corrected chi connectivity index (χ4v) is 2.60.